The molecule has 9 heteroatoms. The van der Waals surface area contributed by atoms with Gasteiger partial charge in [-0.05, 0) is 44.2 Å². The molecule has 0 atom stereocenters. The molecule has 8 nitrogen and oxygen atoms in total. The lowest BCUT2D eigenvalue weighted by molar-refractivity contribution is 0.0531. The van der Waals surface area contributed by atoms with E-state index in [9.17, 15) is 14.4 Å². The summed E-state index contributed by atoms with van der Waals surface area (Å²) in [6.45, 7) is 3.65. The van der Waals surface area contributed by atoms with Crippen molar-refractivity contribution in [3.63, 3.8) is 0 Å². The highest BCUT2D eigenvalue weighted by Crippen LogP contribution is 2.25. The topological polar surface area (TPSA) is 99.5 Å². The Kier molecular flexibility index (Phi) is 6.23. The molecule has 1 amide bonds. The molecule has 0 aliphatic carbocycles. The van der Waals surface area contributed by atoms with Gasteiger partial charge in [0.1, 0.15) is 10.6 Å². The fourth-order valence-electron chi connectivity index (χ4n) is 3.41. The molecule has 0 bridgehead atoms. The summed E-state index contributed by atoms with van der Waals surface area (Å²) in [6, 6.07) is 13.9. The van der Waals surface area contributed by atoms with Crippen molar-refractivity contribution in [3.8, 4) is 11.4 Å². The zero-order valence-electron chi connectivity index (χ0n) is 18.2. The van der Waals surface area contributed by atoms with Crippen LogP contribution in [0.25, 0.3) is 16.5 Å². The second-order valence-electron chi connectivity index (χ2n) is 7.07. The highest BCUT2D eigenvalue weighted by molar-refractivity contribution is 7.17. The Morgan fingerprint density at radius 1 is 1.09 bits per heavy atom. The first-order valence-corrected chi connectivity index (χ1v) is 11.0. The van der Waals surface area contributed by atoms with E-state index < -0.39 is 11.9 Å². The molecule has 0 spiro atoms. The number of nitrogens with zero attached hydrogens (tertiary/aromatic N) is 2. The molecule has 168 valence electrons. The number of fused-ring (bicyclic) bond motifs is 1. The van der Waals surface area contributed by atoms with Crippen molar-refractivity contribution in [2.75, 3.05) is 19.0 Å². The highest BCUT2D eigenvalue weighted by Gasteiger charge is 2.20. The number of carbonyl (C=O) groups is 2. The lowest BCUT2D eigenvalue weighted by atomic mass is 10.1. The number of nitrogens with one attached hydrogen (secondary N) is 1. The zero-order valence-corrected chi connectivity index (χ0v) is 19.1. The predicted octanol–water partition coefficient (Wildman–Crippen LogP) is 4.19. The van der Waals surface area contributed by atoms with Crippen LogP contribution in [-0.2, 0) is 4.74 Å². The highest BCUT2D eigenvalue weighted by atomic mass is 32.1. The van der Waals surface area contributed by atoms with E-state index in [0.29, 0.717) is 38.3 Å². The van der Waals surface area contributed by atoms with Gasteiger partial charge in [-0.15, -0.1) is 0 Å². The van der Waals surface area contributed by atoms with E-state index in [4.69, 9.17) is 9.47 Å². The molecule has 0 fully saturated rings. The number of benzene rings is 2. The molecule has 2 heterocycles. The van der Waals surface area contributed by atoms with Crippen LogP contribution in [0.2, 0.25) is 0 Å². The summed E-state index contributed by atoms with van der Waals surface area (Å²) < 4.78 is 11.6. The third-order valence-electron chi connectivity index (χ3n) is 5.00. The van der Waals surface area contributed by atoms with Gasteiger partial charge in [0.2, 0.25) is 0 Å². The fraction of sp³-hybridized carbons (Fsp3) is 0.167. The Morgan fingerprint density at radius 3 is 2.45 bits per heavy atom. The first-order chi connectivity index (χ1) is 15.9. The van der Waals surface area contributed by atoms with Crippen molar-refractivity contribution in [3.05, 3.63) is 81.2 Å². The molecule has 1 N–H and O–H groups in total. The SMILES string of the molecule is CCOC(=O)c1sc(NC(=O)c2cn(-c3ccc(OC)cc3)c(=O)c3ccccc23)nc1C. The van der Waals surface area contributed by atoms with E-state index in [2.05, 4.69) is 10.3 Å². The van der Waals surface area contributed by atoms with Crippen molar-refractivity contribution in [2.24, 2.45) is 0 Å². The molecule has 0 unspecified atom stereocenters. The minimum atomic E-state index is -0.480. The van der Waals surface area contributed by atoms with Gasteiger partial charge in [-0.25, -0.2) is 9.78 Å². The van der Waals surface area contributed by atoms with E-state index in [1.807, 2.05) is 0 Å². The van der Waals surface area contributed by atoms with Gasteiger partial charge in [0.15, 0.2) is 5.13 Å². The number of thiazole rings is 1. The van der Waals surface area contributed by atoms with Gasteiger partial charge >= 0.3 is 5.97 Å². The smallest absolute Gasteiger partial charge is 0.350 e. The number of amides is 1. The Bertz CT molecular complexity index is 1410. The van der Waals surface area contributed by atoms with Gasteiger partial charge in [-0.1, -0.05) is 29.5 Å². The molecule has 0 saturated heterocycles. The van der Waals surface area contributed by atoms with Gasteiger partial charge in [0.25, 0.3) is 11.5 Å². The number of aryl methyl sites for hydroxylation is 1. The van der Waals surface area contributed by atoms with Crippen molar-refractivity contribution in [2.45, 2.75) is 13.8 Å². The number of methoxy groups -OCH3 is 1. The zero-order chi connectivity index (χ0) is 23.5. The normalized spacial score (nSPS) is 10.8. The van der Waals surface area contributed by atoms with Crippen LogP contribution in [0.4, 0.5) is 5.13 Å². The molecule has 4 aromatic rings. The van der Waals surface area contributed by atoms with Gasteiger partial charge in [0.05, 0.1) is 25.0 Å². The van der Waals surface area contributed by atoms with Gasteiger partial charge in [0, 0.05) is 22.7 Å². The summed E-state index contributed by atoms with van der Waals surface area (Å²) in [5, 5.41) is 3.94. The number of anilines is 1. The van der Waals surface area contributed by atoms with Crippen LogP contribution in [0.15, 0.2) is 59.5 Å². The first-order valence-electron chi connectivity index (χ1n) is 10.2. The summed E-state index contributed by atoms with van der Waals surface area (Å²) >= 11 is 1.04. The van der Waals surface area contributed by atoms with E-state index in [1.165, 1.54) is 10.8 Å². The summed E-state index contributed by atoms with van der Waals surface area (Å²) in [5.74, 6) is -0.272. The minimum Gasteiger partial charge on any atom is -0.497 e. The summed E-state index contributed by atoms with van der Waals surface area (Å²) in [7, 11) is 1.56. The van der Waals surface area contributed by atoms with Crippen molar-refractivity contribution in [1.82, 2.24) is 9.55 Å². The maximum Gasteiger partial charge on any atom is 0.350 e. The molecule has 0 radical (unpaired) electrons. The molecule has 4 rings (SSSR count). The van der Waals surface area contributed by atoms with Crippen LogP contribution in [0.3, 0.4) is 0 Å². The molecule has 0 aliphatic heterocycles. The summed E-state index contributed by atoms with van der Waals surface area (Å²) in [5.41, 5.74) is 1.12. The van der Waals surface area contributed by atoms with Crippen LogP contribution < -0.4 is 15.6 Å². The number of hydrogen-bond acceptors (Lipinski definition) is 7. The summed E-state index contributed by atoms with van der Waals surface area (Å²) in [4.78, 5) is 43.1. The van der Waals surface area contributed by atoms with Crippen LogP contribution in [-0.4, -0.2) is 35.1 Å². The molecular weight excluding hydrogens is 442 g/mol. The summed E-state index contributed by atoms with van der Waals surface area (Å²) in [6.07, 6.45) is 1.51. The average Bonchev–Trinajstić information content (AvgIpc) is 3.19. The maximum absolute atomic E-state index is 13.2. The van der Waals surface area contributed by atoms with Crippen LogP contribution in [0.5, 0.6) is 5.75 Å². The number of aromatic nitrogens is 2. The Morgan fingerprint density at radius 2 is 1.79 bits per heavy atom. The lowest BCUT2D eigenvalue weighted by Crippen LogP contribution is -2.22. The van der Waals surface area contributed by atoms with Crippen LogP contribution in [0, 0.1) is 6.92 Å². The monoisotopic (exact) mass is 463 g/mol. The van der Waals surface area contributed by atoms with Gasteiger partial charge in [-0.3, -0.25) is 19.5 Å². The third-order valence-corrected chi connectivity index (χ3v) is 6.05. The maximum atomic E-state index is 13.2. The standard InChI is InChI=1S/C24H21N3O5S/c1-4-32-23(30)20-14(2)25-24(33-20)26-21(28)19-13-27(15-9-11-16(31-3)12-10-15)22(29)18-8-6-5-7-17(18)19/h5-13H,4H2,1-3H3,(H,25,26,28). The molecule has 33 heavy (non-hydrogen) atoms. The second kappa shape index (κ2) is 9.25. The predicted molar refractivity (Wildman–Crippen MR) is 127 cm³/mol. The Labute approximate surface area is 193 Å². The molecule has 0 saturated carbocycles. The van der Waals surface area contributed by atoms with Crippen LogP contribution >= 0.6 is 11.3 Å². The Hall–Kier alpha value is -3.98. The molecular formula is C24H21N3O5S. The third kappa shape index (κ3) is 4.35. The molecule has 2 aromatic heterocycles. The average molecular weight is 464 g/mol. The Balaban J connectivity index is 1.76. The number of hydrogen-bond donors (Lipinski definition) is 1. The number of rotatable bonds is 6. The van der Waals surface area contributed by atoms with Crippen molar-refractivity contribution in [1.29, 1.82) is 0 Å². The number of pyridine rings is 1. The van der Waals surface area contributed by atoms with Gasteiger partial charge < -0.3 is 9.47 Å². The molecule has 0 aliphatic rings. The van der Waals surface area contributed by atoms with E-state index >= 15 is 0 Å². The number of carbonyl (C=O) groups excluding carboxylic acids is 2. The fourth-order valence-corrected chi connectivity index (χ4v) is 4.26. The quantitative estimate of drug-likeness (QED) is 0.431. The lowest BCUT2D eigenvalue weighted by Gasteiger charge is -2.12. The van der Waals surface area contributed by atoms with E-state index in [0.717, 1.165) is 11.3 Å². The largest absolute Gasteiger partial charge is 0.497 e. The van der Waals surface area contributed by atoms with Crippen LogP contribution in [0.1, 0.15) is 32.6 Å². The van der Waals surface area contributed by atoms with E-state index in [1.54, 1.807) is 69.5 Å². The van der Waals surface area contributed by atoms with Crippen molar-refractivity contribution >= 4 is 39.1 Å². The first kappa shape index (κ1) is 22.2. The van der Waals surface area contributed by atoms with Crippen molar-refractivity contribution < 1.29 is 19.1 Å². The number of esters is 1. The van der Waals surface area contributed by atoms with Gasteiger partial charge in [-0.2, -0.15) is 0 Å². The minimum absolute atomic E-state index is 0.247. The molecule has 2 aromatic carbocycles. The number of ether oxygens (including phenoxy) is 2. The van der Waals surface area contributed by atoms with E-state index in [-0.39, 0.29) is 17.3 Å². The second-order valence-corrected chi connectivity index (χ2v) is 8.07.